The molecule has 1 atom stereocenters. The number of benzene rings is 1. The molecule has 0 bridgehead atoms. The van der Waals surface area contributed by atoms with Gasteiger partial charge >= 0.3 is 0 Å². The third-order valence-corrected chi connectivity index (χ3v) is 6.11. The molecule has 1 fully saturated rings. The van der Waals surface area contributed by atoms with Gasteiger partial charge in [-0.25, -0.2) is 4.39 Å². The minimum Gasteiger partial charge on any atom is -0.346 e. The summed E-state index contributed by atoms with van der Waals surface area (Å²) in [6.07, 6.45) is 4.87. The van der Waals surface area contributed by atoms with E-state index in [0.29, 0.717) is 12.3 Å². The number of fused-ring (bicyclic) bond motifs is 1. The van der Waals surface area contributed by atoms with Crippen LogP contribution in [-0.4, -0.2) is 37.9 Å². The van der Waals surface area contributed by atoms with Crippen molar-refractivity contribution in [1.82, 2.24) is 24.8 Å². The molecule has 1 aliphatic heterocycles. The third kappa shape index (κ3) is 3.35. The molecule has 6 nitrogen and oxygen atoms in total. The highest BCUT2D eigenvalue weighted by Crippen LogP contribution is 2.31. The van der Waals surface area contributed by atoms with E-state index in [0.717, 1.165) is 53.1 Å². The predicted molar refractivity (Wildman–Crippen MR) is 106 cm³/mol. The molecule has 5 rings (SSSR count). The van der Waals surface area contributed by atoms with Gasteiger partial charge in [-0.05, 0) is 42.7 Å². The minimum absolute atomic E-state index is 0.220. The molecule has 0 spiro atoms. The van der Waals surface area contributed by atoms with Crippen LogP contribution >= 0.6 is 11.3 Å². The molecule has 0 N–H and O–H groups in total. The lowest BCUT2D eigenvalue weighted by molar-refractivity contribution is 0.487. The Bertz CT molecular complexity index is 1090. The van der Waals surface area contributed by atoms with Gasteiger partial charge in [0.15, 0.2) is 5.65 Å². The first kappa shape index (κ1) is 17.2. The molecule has 28 heavy (non-hydrogen) atoms. The molecule has 8 heteroatoms. The third-order valence-electron chi connectivity index (χ3n) is 5.12. The Morgan fingerprint density at radius 2 is 1.93 bits per heavy atom. The molecular weight excluding hydrogens is 375 g/mol. The van der Waals surface area contributed by atoms with Crippen LogP contribution in [0.4, 0.5) is 9.52 Å². The van der Waals surface area contributed by atoms with Gasteiger partial charge in [-0.3, -0.25) is 4.40 Å². The smallest absolute Gasteiger partial charge is 0.208 e. The first-order valence-electron chi connectivity index (χ1n) is 9.38. The van der Waals surface area contributed by atoms with Crippen LogP contribution in [0.1, 0.15) is 35.2 Å². The van der Waals surface area contributed by atoms with Crippen molar-refractivity contribution in [2.45, 2.75) is 25.2 Å². The molecule has 1 saturated heterocycles. The number of aromatic nitrogens is 5. The molecule has 4 heterocycles. The lowest BCUT2D eigenvalue weighted by atomic mass is 9.97. The highest BCUT2D eigenvalue weighted by atomic mass is 32.1. The molecule has 1 aliphatic rings. The van der Waals surface area contributed by atoms with Gasteiger partial charge in [0.05, 0.1) is 0 Å². The molecule has 0 radical (unpaired) electrons. The fourth-order valence-electron chi connectivity index (χ4n) is 3.72. The monoisotopic (exact) mass is 394 g/mol. The predicted octanol–water partition coefficient (Wildman–Crippen LogP) is 3.69. The second kappa shape index (κ2) is 7.27. The summed E-state index contributed by atoms with van der Waals surface area (Å²) in [5.41, 5.74) is 1.92. The van der Waals surface area contributed by atoms with E-state index in [1.54, 1.807) is 23.5 Å². The number of rotatable bonds is 4. The van der Waals surface area contributed by atoms with Crippen molar-refractivity contribution in [2.24, 2.45) is 0 Å². The SMILES string of the molecule is Fc1ccc(Cc2nnc(N3CCCC(c4nnc5ccccn45)C3)s2)cc1. The van der Waals surface area contributed by atoms with Crippen molar-refractivity contribution in [1.29, 1.82) is 0 Å². The summed E-state index contributed by atoms with van der Waals surface area (Å²) < 4.78 is 15.2. The molecule has 1 unspecified atom stereocenters. The standard InChI is InChI=1S/C20H19FN6S/c21-16-8-6-14(7-9-16)12-18-23-25-20(28-18)26-10-3-4-15(13-26)19-24-22-17-5-1-2-11-27(17)19/h1-2,5-9,11,15H,3-4,10,12-13H2. The summed E-state index contributed by atoms with van der Waals surface area (Å²) in [5.74, 6) is 1.11. The van der Waals surface area contributed by atoms with Gasteiger partial charge < -0.3 is 4.90 Å². The van der Waals surface area contributed by atoms with Gasteiger partial charge in [-0.1, -0.05) is 29.5 Å². The summed E-state index contributed by atoms with van der Waals surface area (Å²) in [5, 5.41) is 19.4. The lowest BCUT2D eigenvalue weighted by Gasteiger charge is -2.31. The van der Waals surface area contributed by atoms with Crippen LogP contribution in [0, 0.1) is 5.82 Å². The normalized spacial score (nSPS) is 17.3. The largest absolute Gasteiger partial charge is 0.346 e. The number of piperidine rings is 1. The van der Waals surface area contributed by atoms with Crippen molar-refractivity contribution in [3.63, 3.8) is 0 Å². The number of anilines is 1. The van der Waals surface area contributed by atoms with Crippen LogP contribution in [0.2, 0.25) is 0 Å². The number of hydrogen-bond donors (Lipinski definition) is 0. The van der Waals surface area contributed by atoms with Crippen LogP contribution in [0.5, 0.6) is 0 Å². The van der Waals surface area contributed by atoms with Crippen LogP contribution in [0.3, 0.4) is 0 Å². The van der Waals surface area contributed by atoms with E-state index in [1.807, 2.05) is 24.4 Å². The second-order valence-electron chi connectivity index (χ2n) is 7.05. The van der Waals surface area contributed by atoms with Crippen LogP contribution in [0.15, 0.2) is 48.7 Å². The Balaban J connectivity index is 1.33. The molecule has 142 valence electrons. The molecule has 0 saturated carbocycles. The van der Waals surface area contributed by atoms with Crippen molar-refractivity contribution >= 4 is 22.1 Å². The van der Waals surface area contributed by atoms with Crippen LogP contribution in [-0.2, 0) is 6.42 Å². The minimum atomic E-state index is -0.220. The average Bonchev–Trinajstić information content (AvgIpc) is 3.37. The maximum Gasteiger partial charge on any atom is 0.208 e. The number of nitrogens with zero attached hydrogens (tertiary/aromatic N) is 6. The summed E-state index contributed by atoms with van der Waals surface area (Å²) in [4.78, 5) is 2.30. The number of halogens is 1. The Hall–Kier alpha value is -2.87. The average molecular weight is 394 g/mol. The van der Waals surface area contributed by atoms with Gasteiger partial charge in [-0.2, -0.15) is 0 Å². The van der Waals surface area contributed by atoms with E-state index >= 15 is 0 Å². The summed E-state index contributed by atoms with van der Waals surface area (Å²) >= 11 is 1.61. The molecule has 1 aromatic carbocycles. The fourth-order valence-corrected chi connectivity index (χ4v) is 4.63. The summed E-state index contributed by atoms with van der Waals surface area (Å²) in [6.45, 7) is 1.83. The van der Waals surface area contributed by atoms with Gasteiger partial charge in [0.1, 0.15) is 16.6 Å². The zero-order valence-corrected chi connectivity index (χ0v) is 16.0. The van der Waals surface area contributed by atoms with Crippen molar-refractivity contribution in [3.8, 4) is 0 Å². The van der Waals surface area contributed by atoms with E-state index in [2.05, 4.69) is 29.7 Å². The zero-order chi connectivity index (χ0) is 18.9. The van der Waals surface area contributed by atoms with E-state index in [4.69, 9.17) is 0 Å². The van der Waals surface area contributed by atoms with Crippen molar-refractivity contribution < 1.29 is 4.39 Å². The maximum absolute atomic E-state index is 13.1. The molecule has 0 amide bonds. The van der Waals surface area contributed by atoms with Crippen molar-refractivity contribution in [2.75, 3.05) is 18.0 Å². The first-order chi connectivity index (χ1) is 13.8. The van der Waals surface area contributed by atoms with Gasteiger partial charge in [0.25, 0.3) is 0 Å². The Labute approximate surface area is 165 Å². The van der Waals surface area contributed by atoms with Gasteiger partial charge in [0, 0.05) is 31.6 Å². The first-order valence-corrected chi connectivity index (χ1v) is 10.2. The number of pyridine rings is 1. The quantitative estimate of drug-likeness (QED) is 0.528. The highest BCUT2D eigenvalue weighted by Gasteiger charge is 2.27. The Morgan fingerprint density at radius 3 is 2.82 bits per heavy atom. The van der Waals surface area contributed by atoms with Crippen LogP contribution in [0.25, 0.3) is 5.65 Å². The van der Waals surface area contributed by atoms with Crippen LogP contribution < -0.4 is 4.90 Å². The molecule has 3 aromatic heterocycles. The van der Waals surface area contributed by atoms with E-state index in [1.165, 1.54) is 12.1 Å². The zero-order valence-electron chi connectivity index (χ0n) is 15.2. The van der Waals surface area contributed by atoms with Gasteiger partial charge in [0.2, 0.25) is 5.13 Å². The maximum atomic E-state index is 13.1. The topological polar surface area (TPSA) is 59.2 Å². The Morgan fingerprint density at radius 1 is 1.04 bits per heavy atom. The molecular formula is C20H19FN6S. The van der Waals surface area contributed by atoms with Gasteiger partial charge in [-0.15, -0.1) is 20.4 Å². The van der Waals surface area contributed by atoms with E-state index in [9.17, 15) is 4.39 Å². The van der Waals surface area contributed by atoms with E-state index < -0.39 is 0 Å². The van der Waals surface area contributed by atoms with E-state index in [-0.39, 0.29) is 5.82 Å². The molecule has 0 aliphatic carbocycles. The summed E-state index contributed by atoms with van der Waals surface area (Å²) in [7, 11) is 0. The lowest BCUT2D eigenvalue weighted by Crippen LogP contribution is -2.35. The van der Waals surface area contributed by atoms with Crippen molar-refractivity contribution in [3.05, 3.63) is 70.9 Å². The second-order valence-corrected chi connectivity index (χ2v) is 8.09. The number of hydrogen-bond acceptors (Lipinski definition) is 6. The Kier molecular flexibility index (Phi) is 4.48. The summed E-state index contributed by atoms with van der Waals surface area (Å²) in [6, 6.07) is 12.5. The highest BCUT2D eigenvalue weighted by molar-refractivity contribution is 7.15. The molecule has 4 aromatic rings. The fraction of sp³-hybridized carbons (Fsp3) is 0.300.